The van der Waals surface area contributed by atoms with Crippen molar-refractivity contribution in [2.75, 3.05) is 132 Å². The van der Waals surface area contributed by atoms with E-state index in [4.69, 9.17) is 52.5 Å². The first kappa shape index (κ1) is 48.5. The van der Waals surface area contributed by atoms with Crippen molar-refractivity contribution in [3.63, 3.8) is 0 Å². The number of hydrogen-bond donors (Lipinski definition) is 1. The predicted octanol–water partition coefficient (Wildman–Crippen LogP) is 5.48. The smallest absolute Gasteiger partial charge is 0.305 e. The van der Waals surface area contributed by atoms with E-state index < -0.39 is 0 Å². The largest absolute Gasteiger partial charge is 0.463 e. The van der Waals surface area contributed by atoms with Gasteiger partial charge in [-0.15, -0.1) is 0 Å². The number of rotatable bonds is 43. The second-order valence-corrected chi connectivity index (χ2v) is 11.4. The second-order valence-electron chi connectivity index (χ2n) is 11.4. The molecule has 12 heteroatoms. The van der Waals surface area contributed by atoms with Gasteiger partial charge >= 0.3 is 5.97 Å². The van der Waals surface area contributed by atoms with Gasteiger partial charge in [-0.05, 0) is 38.5 Å². The average molecular weight is 721 g/mol. The van der Waals surface area contributed by atoms with Crippen LogP contribution < -0.4 is 0 Å². The zero-order chi connectivity index (χ0) is 36.1. The van der Waals surface area contributed by atoms with Crippen molar-refractivity contribution in [2.45, 2.75) is 84.0 Å². The molecule has 0 aliphatic heterocycles. The second kappa shape index (κ2) is 45.6. The molecule has 0 heterocycles. The molecule has 0 aliphatic rings. The van der Waals surface area contributed by atoms with Crippen molar-refractivity contribution in [1.82, 2.24) is 0 Å². The van der Waals surface area contributed by atoms with Crippen molar-refractivity contribution < 1.29 is 57.3 Å². The van der Waals surface area contributed by atoms with E-state index in [1.807, 2.05) is 0 Å². The summed E-state index contributed by atoms with van der Waals surface area (Å²) in [7, 11) is 0. The lowest BCUT2D eigenvalue weighted by atomic mass is 10.1. The molecule has 0 fully saturated rings. The van der Waals surface area contributed by atoms with E-state index in [-0.39, 0.29) is 19.2 Å². The molecule has 1 N–H and O–H groups in total. The maximum atomic E-state index is 11.9. The minimum absolute atomic E-state index is 0.0237. The minimum atomic E-state index is -0.148. The van der Waals surface area contributed by atoms with Gasteiger partial charge in [-0.2, -0.15) is 0 Å². The van der Waals surface area contributed by atoms with Gasteiger partial charge in [0.1, 0.15) is 6.61 Å². The fraction of sp³-hybridized carbons (Fsp3) is 0.868. The third kappa shape index (κ3) is 44.6. The Labute approximate surface area is 303 Å². The lowest BCUT2D eigenvalue weighted by Gasteiger charge is -2.09. The number of carbonyl (C=O) groups is 1. The summed E-state index contributed by atoms with van der Waals surface area (Å²) >= 11 is 0. The Hall–Kier alpha value is -1.45. The number of hydrogen-bond acceptors (Lipinski definition) is 12. The fourth-order valence-corrected chi connectivity index (χ4v) is 4.29. The molecule has 0 atom stereocenters. The molecule has 0 amide bonds. The summed E-state index contributed by atoms with van der Waals surface area (Å²) in [6, 6.07) is 0. The van der Waals surface area contributed by atoms with Crippen molar-refractivity contribution in [1.29, 1.82) is 0 Å². The van der Waals surface area contributed by atoms with Crippen molar-refractivity contribution in [3.05, 3.63) is 24.3 Å². The quantitative estimate of drug-likeness (QED) is 0.0486. The lowest BCUT2D eigenvalue weighted by Crippen LogP contribution is -2.15. The predicted molar refractivity (Wildman–Crippen MR) is 195 cm³/mol. The van der Waals surface area contributed by atoms with E-state index in [1.54, 1.807) is 0 Å². The molecule has 0 bridgehead atoms. The molecule has 0 radical (unpaired) electrons. The highest BCUT2D eigenvalue weighted by Gasteiger charge is 2.03. The third-order valence-electron chi connectivity index (χ3n) is 7.03. The summed E-state index contributed by atoms with van der Waals surface area (Å²) in [4.78, 5) is 11.9. The maximum Gasteiger partial charge on any atom is 0.305 e. The van der Waals surface area contributed by atoms with Crippen LogP contribution in [0.1, 0.15) is 84.0 Å². The number of allylic oxidation sites excluding steroid dienone is 4. The van der Waals surface area contributed by atoms with Crippen LogP contribution in [-0.4, -0.2) is 143 Å². The van der Waals surface area contributed by atoms with Gasteiger partial charge in [0.15, 0.2) is 0 Å². The highest BCUT2D eigenvalue weighted by Crippen LogP contribution is 2.09. The van der Waals surface area contributed by atoms with E-state index >= 15 is 0 Å². The van der Waals surface area contributed by atoms with E-state index in [9.17, 15) is 4.79 Å². The molecule has 0 saturated heterocycles. The molecule has 0 unspecified atom stereocenters. The molecule has 296 valence electrons. The first-order valence-corrected chi connectivity index (χ1v) is 19.1. The standard InChI is InChI=1S/C38H72O12/c1-2-3-4-5-6-7-8-9-10-11-12-13-14-15-16-17-38(40)50-37-36-49-35-34-48-33-32-47-31-30-46-29-28-45-27-26-44-25-24-43-23-22-42-21-20-41-19-18-39/h6-7,9-10,39H,2-5,8,11-37H2,1H3/b7-6-,10-9-. The monoisotopic (exact) mass is 721 g/mol. The first-order chi connectivity index (χ1) is 24.8. The topological polar surface area (TPSA) is 130 Å². The molecule has 0 aromatic rings. The lowest BCUT2D eigenvalue weighted by molar-refractivity contribution is -0.145. The van der Waals surface area contributed by atoms with E-state index in [0.29, 0.717) is 125 Å². The van der Waals surface area contributed by atoms with Gasteiger partial charge in [-0.1, -0.05) is 63.3 Å². The molecular weight excluding hydrogens is 648 g/mol. The van der Waals surface area contributed by atoms with Crippen LogP contribution in [0.5, 0.6) is 0 Å². The van der Waals surface area contributed by atoms with E-state index in [2.05, 4.69) is 31.2 Å². The van der Waals surface area contributed by atoms with Crippen LogP contribution in [0.3, 0.4) is 0 Å². The number of aliphatic hydroxyl groups excluding tert-OH is 1. The van der Waals surface area contributed by atoms with Gasteiger partial charge in [0, 0.05) is 6.42 Å². The summed E-state index contributed by atoms with van der Waals surface area (Å²) in [5.41, 5.74) is 0. The maximum absolute atomic E-state index is 11.9. The zero-order valence-electron chi connectivity index (χ0n) is 31.4. The highest BCUT2D eigenvalue weighted by molar-refractivity contribution is 5.69. The molecule has 0 rings (SSSR count). The molecule has 0 spiro atoms. The summed E-state index contributed by atoms with van der Waals surface area (Å²) in [5.74, 6) is -0.148. The van der Waals surface area contributed by atoms with Crippen LogP contribution in [-0.2, 0) is 52.2 Å². The Morgan fingerprint density at radius 3 is 1.16 bits per heavy atom. The molecule has 0 aromatic heterocycles. The van der Waals surface area contributed by atoms with Gasteiger partial charge in [0.25, 0.3) is 0 Å². The third-order valence-corrected chi connectivity index (χ3v) is 7.03. The Bertz CT molecular complexity index is 707. The van der Waals surface area contributed by atoms with Gasteiger partial charge in [-0.25, -0.2) is 0 Å². The number of aliphatic hydroxyl groups is 1. The Morgan fingerprint density at radius 1 is 0.420 bits per heavy atom. The van der Waals surface area contributed by atoms with Gasteiger partial charge in [0.05, 0.1) is 126 Å². The first-order valence-electron chi connectivity index (χ1n) is 19.1. The van der Waals surface area contributed by atoms with Crippen LogP contribution in [0.2, 0.25) is 0 Å². The average Bonchev–Trinajstić information content (AvgIpc) is 3.12. The number of carbonyl (C=O) groups excluding carboxylic acids is 1. The van der Waals surface area contributed by atoms with Crippen LogP contribution in [0.4, 0.5) is 0 Å². The molecule has 50 heavy (non-hydrogen) atoms. The Kier molecular flexibility index (Phi) is 44.2. The van der Waals surface area contributed by atoms with E-state index in [0.717, 1.165) is 32.1 Å². The van der Waals surface area contributed by atoms with Crippen molar-refractivity contribution >= 4 is 5.97 Å². The molecule has 0 aromatic carbocycles. The van der Waals surface area contributed by atoms with Crippen LogP contribution in [0, 0.1) is 0 Å². The molecule has 0 saturated carbocycles. The van der Waals surface area contributed by atoms with Gasteiger partial charge in [0.2, 0.25) is 0 Å². The van der Waals surface area contributed by atoms with Crippen LogP contribution >= 0.6 is 0 Å². The van der Waals surface area contributed by atoms with Crippen LogP contribution in [0.25, 0.3) is 0 Å². The minimum Gasteiger partial charge on any atom is -0.463 e. The highest BCUT2D eigenvalue weighted by atomic mass is 16.6. The summed E-state index contributed by atoms with van der Waals surface area (Å²) in [6.45, 7) is 11.1. The Balaban J connectivity index is 3.17. The summed E-state index contributed by atoms with van der Waals surface area (Å²) in [5, 5.41) is 8.59. The zero-order valence-corrected chi connectivity index (χ0v) is 31.4. The van der Waals surface area contributed by atoms with Crippen molar-refractivity contribution in [3.8, 4) is 0 Å². The van der Waals surface area contributed by atoms with Gasteiger partial charge in [-0.3, -0.25) is 4.79 Å². The number of esters is 1. The molecule has 12 nitrogen and oxygen atoms in total. The number of ether oxygens (including phenoxy) is 10. The summed E-state index contributed by atoms with van der Waals surface area (Å²) in [6.07, 6.45) is 22.4. The fourth-order valence-electron chi connectivity index (χ4n) is 4.29. The van der Waals surface area contributed by atoms with Crippen molar-refractivity contribution in [2.24, 2.45) is 0 Å². The molecular formula is C38H72O12. The van der Waals surface area contributed by atoms with Gasteiger partial charge < -0.3 is 52.5 Å². The number of unbranched alkanes of at least 4 members (excludes halogenated alkanes) is 8. The normalized spacial score (nSPS) is 11.8. The Morgan fingerprint density at radius 2 is 0.760 bits per heavy atom. The summed E-state index contributed by atoms with van der Waals surface area (Å²) < 4.78 is 53.9. The SMILES string of the molecule is CCCCC/C=C\C/C=C\CCCCCCCC(=O)OCCOCCOCCOCCOCCOCCOCCOCCOCCOCCO. The van der Waals surface area contributed by atoms with Crippen LogP contribution in [0.15, 0.2) is 24.3 Å². The van der Waals surface area contributed by atoms with E-state index in [1.165, 1.54) is 38.5 Å². The molecule has 0 aliphatic carbocycles.